The van der Waals surface area contributed by atoms with Crippen molar-refractivity contribution in [2.45, 2.75) is 0 Å². The highest BCUT2D eigenvalue weighted by Gasteiger charge is 2.13. The molecule has 0 spiro atoms. The van der Waals surface area contributed by atoms with Crippen LogP contribution in [0, 0.1) is 0 Å². The molecule has 0 amide bonds. The zero-order valence-electron chi connectivity index (χ0n) is 15.6. The zero-order valence-corrected chi connectivity index (χ0v) is 17.2. The smallest absolute Gasteiger partial charge is 0.211 e. The van der Waals surface area contributed by atoms with E-state index < -0.39 is 0 Å². The van der Waals surface area contributed by atoms with Crippen LogP contribution in [0.4, 0.5) is 5.69 Å². The monoisotopic (exact) mass is 430 g/mol. The maximum atomic E-state index is 6.30. The van der Waals surface area contributed by atoms with Crippen LogP contribution in [0.1, 0.15) is 5.56 Å². The van der Waals surface area contributed by atoms with Crippen LogP contribution in [0.3, 0.4) is 0 Å². The van der Waals surface area contributed by atoms with Crippen molar-refractivity contribution >= 4 is 45.8 Å². The van der Waals surface area contributed by atoms with Gasteiger partial charge in [0.05, 0.1) is 18.1 Å². The molecular formula is C23H15ClN4OS. The lowest BCUT2D eigenvalue weighted by molar-refractivity contribution is 0.622. The predicted molar refractivity (Wildman–Crippen MR) is 121 cm³/mol. The Morgan fingerprint density at radius 1 is 1.03 bits per heavy atom. The van der Waals surface area contributed by atoms with Gasteiger partial charge < -0.3 is 4.42 Å². The van der Waals surface area contributed by atoms with E-state index in [2.05, 4.69) is 10.1 Å². The van der Waals surface area contributed by atoms with Crippen LogP contribution in [-0.2, 0) is 0 Å². The van der Waals surface area contributed by atoms with E-state index in [0.29, 0.717) is 9.82 Å². The highest BCUT2D eigenvalue weighted by atomic mass is 35.5. The summed E-state index contributed by atoms with van der Waals surface area (Å²) in [5, 5.41) is 8.33. The third-order valence-electron chi connectivity index (χ3n) is 4.45. The van der Waals surface area contributed by atoms with Gasteiger partial charge in [0.2, 0.25) is 4.80 Å². The second-order valence-electron chi connectivity index (χ2n) is 6.45. The van der Waals surface area contributed by atoms with Gasteiger partial charge in [-0.05, 0) is 30.3 Å². The standard InChI is InChI=1S/C23H15ClN4OS/c24-19-9-3-1-7-17(19)13-26-28-20(22-12-16-6-2-4-10-21(16)29-22)15-30-23(28)27-18-8-5-11-25-14-18/h1-15H. The van der Waals surface area contributed by atoms with E-state index in [1.54, 1.807) is 23.3 Å². The molecule has 0 saturated heterocycles. The molecule has 30 heavy (non-hydrogen) atoms. The topological polar surface area (TPSA) is 55.7 Å². The van der Waals surface area contributed by atoms with Gasteiger partial charge in [-0.2, -0.15) is 5.10 Å². The van der Waals surface area contributed by atoms with Gasteiger partial charge in [0, 0.05) is 27.5 Å². The summed E-state index contributed by atoms with van der Waals surface area (Å²) in [4.78, 5) is 9.54. The first-order chi connectivity index (χ1) is 14.8. The van der Waals surface area contributed by atoms with Crippen molar-refractivity contribution in [1.82, 2.24) is 9.66 Å². The Morgan fingerprint density at radius 2 is 1.90 bits per heavy atom. The number of rotatable bonds is 4. The highest BCUT2D eigenvalue weighted by Crippen LogP contribution is 2.28. The van der Waals surface area contributed by atoms with Crippen LogP contribution >= 0.6 is 22.9 Å². The highest BCUT2D eigenvalue weighted by molar-refractivity contribution is 7.07. The SMILES string of the molecule is Clc1ccccc1C=Nn1c(-c2cc3ccccc3o2)csc1=Nc1cccnc1. The Balaban J connectivity index is 1.67. The molecule has 0 fully saturated rings. The molecule has 0 saturated carbocycles. The van der Waals surface area contributed by atoms with Crippen LogP contribution in [-0.4, -0.2) is 15.9 Å². The first-order valence-corrected chi connectivity index (χ1v) is 10.5. The van der Waals surface area contributed by atoms with Crippen LogP contribution < -0.4 is 4.80 Å². The summed E-state index contributed by atoms with van der Waals surface area (Å²) in [5.41, 5.74) is 3.20. The minimum Gasteiger partial charge on any atom is -0.454 e. The summed E-state index contributed by atoms with van der Waals surface area (Å²) < 4.78 is 7.83. The molecule has 0 radical (unpaired) electrons. The fraction of sp³-hybridized carbons (Fsp3) is 0. The Hall–Kier alpha value is -3.48. The Kier molecular flexibility index (Phi) is 5.01. The Bertz CT molecular complexity index is 1380. The molecule has 0 aliphatic heterocycles. The summed E-state index contributed by atoms with van der Waals surface area (Å²) in [7, 11) is 0. The van der Waals surface area contributed by atoms with E-state index in [-0.39, 0.29) is 0 Å². The van der Waals surface area contributed by atoms with Crippen LogP contribution in [0.15, 0.2) is 99.0 Å². The number of halogens is 1. The average Bonchev–Trinajstić information content (AvgIpc) is 3.38. The van der Waals surface area contributed by atoms with E-state index in [0.717, 1.165) is 33.7 Å². The van der Waals surface area contributed by atoms with Crippen LogP contribution in [0.2, 0.25) is 5.02 Å². The summed E-state index contributed by atoms with van der Waals surface area (Å²) in [6.45, 7) is 0. The van der Waals surface area contributed by atoms with Gasteiger partial charge in [-0.25, -0.2) is 9.67 Å². The van der Waals surface area contributed by atoms with E-state index in [4.69, 9.17) is 21.0 Å². The lowest BCUT2D eigenvalue weighted by Crippen LogP contribution is -2.11. The quantitative estimate of drug-likeness (QED) is 0.322. The van der Waals surface area contributed by atoms with Crippen LogP contribution in [0.5, 0.6) is 0 Å². The lowest BCUT2D eigenvalue weighted by atomic mass is 10.2. The molecule has 0 aliphatic carbocycles. The number of hydrogen-bond acceptors (Lipinski definition) is 5. The summed E-state index contributed by atoms with van der Waals surface area (Å²) in [5.74, 6) is 0.719. The number of thiazole rings is 1. The number of para-hydroxylation sites is 1. The lowest BCUT2D eigenvalue weighted by Gasteiger charge is -2.01. The van der Waals surface area contributed by atoms with Gasteiger partial charge in [0.1, 0.15) is 11.3 Å². The van der Waals surface area contributed by atoms with Crippen molar-refractivity contribution in [2.75, 3.05) is 0 Å². The molecule has 0 unspecified atom stereocenters. The molecule has 2 aromatic carbocycles. The van der Waals surface area contributed by atoms with Gasteiger partial charge >= 0.3 is 0 Å². The van der Waals surface area contributed by atoms with Crippen molar-refractivity contribution in [2.24, 2.45) is 10.1 Å². The average molecular weight is 431 g/mol. The molecule has 3 heterocycles. The molecule has 7 heteroatoms. The van der Waals surface area contributed by atoms with Gasteiger partial charge in [0.15, 0.2) is 5.76 Å². The number of benzene rings is 2. The summed E-state index contributed by atoms with van der Waals surface area (Å²) >= 11 is 7.77. The fourth-order valence-corrected chi connectivity index (χ4v) is 4.02. The second kappa shape index (κ2) is 8.10. The summed E-state index contributed by atoms with van der Waals surface area (Å²) in [6.07, 6.45) is 5.16. The molecule has 0 atom stereocenters. The molecule has 0 aliphatic rings. The number of aromatic nitrogens is 2. The van der Waals surface area contributed by atoms with E-state index >= 15 is 0 Å². The van der Waals surface area contributed by atoms with Crippen molar-refractivity contribution < 1.29 is 4.42 Å². The van der Waals surface area contributed by atoms with Crippen molar-refractivity contribution in [1.29, 1.82) is 0 Å². The zero-order chi connectivity index (χ0) is 20.3. The van der Waals surface area contributed by atoms with Gasteiger partial charge in [0.25, 0.3) is 0 Å². The van der Waals surface area contributed by atoms with Gasteiger partial charge in [-0.3, -0.25) is 4.98 Å². The number of fused-ring (bicyclic) bond motifs is 1. The van der Waals surface area contributed by atoms with Crippen molar-refractivity contribution in [3.63, 3.8) is 0 Å². The number of hydrogen-bond donors (Lipinski definition) is 0. The fourth-order valence-electron chi connectivity index (χ4n) is 3.00. The third kappa shape index (κ3) is 3.70. The Morgan fingerprint density at radius 3 is 2.73 bits per heavy atom. The molecule has 0 N–H and O–H groups in total. The van der Waals surface area contributed by atoms with Gasteiger partial charge in [-0.1, -0.05) is 48.0 Å². The largest absolute Gasteiger partial charge is 0.454 e. The number of pyridine rings is 1. The van der Waals surface area contributed by atoms with E-state index in [1.165, 1.54) is 11.3 Å². The van der Waals surface area contributed by atoms with E-state index in [1.807, 2.05) is 72.1 Å². The molecular weight excluding hydrogens is 416 g/mol. The molecule has 5 nitrogen and oxygen atoms in total. The normalized spacial score (nSPS) is 12.2. The minimum absolute atomic E-state index is 0.633. The number of nitrogens with zero attached hydrogens (tertiary/aromatic N) is 4. The van der Waals surface area contributed by atoms with Crippen molar-refractivity contribution in [3.8, 4) is 11.5 Å². The third-order valence-corrected chi connectivity index (χ3v) is 5.61. The molecule has 146 valence electrons. The van der Waals surface area contributed by atoms with Gasteiger partial charge in [-0.15, -0.1) is 11.3 Å². The van der Waals surface area contributed by atoms with E-state index in [9.17, 15) is 0 Å². The molecule has 3 aromatic heterocycles. The number of furan rings is 1. The summed E-state index contributed by atoms with van der Waals surface area (Å²) in [6, 6.07) is 21.2. The molecule has 0 bridgehead atoms. The van der Waals surface area contributed by atoms with Crippen LogP contribution in [0.25, 0.3) is 22.4 Å². The maximum Gasteiger partial charge on any atom is 0.211 e. The predicted octanol–water partition coefficient (Wildman–Crippen LogP) is 6.13. The maximum absolute atomic E-state index is 6.30. The second-order valence-corrected chi connectivity index (χ2v) is 7.70. The molecule has 5 rings (SSSR count). The van der Waals surface area contributed by atoms with Crippen molar-refractivity contribution in [3.05, 3.63) is 99.9 Å². The molecule has 5 aromatic rings. The first-order valence-electron chi connectivity index (χ1n) is 9.21. The minimum atomic E-state index is 0.633. The first kappa shape index (κ1) is 18.5. The Labute approximate surface area is 181 Å².